The van der Waals surface area contributed by atoms with E-state index in [0.29, 0.717) is 31.7 Å². The first-order chi connectivity index (χ1) is 14.6. The second-order valence-corrected chi connectivity index (χ2v) is 7.50. The molecule has 9 heteroatoms. The Morgan fingerprint density at radius 1 is 1.03 bits per heavy atom. The summed E-state index contributed by atoms with van der Waals surface area (Å²) in [4.78, 5) is 28.5. The second kappa shape index (κ2) is 9.05. The number of piperazine rings is 1. The number of hydrogen-bond acceptors (Lipinski definition) is 3. The van der Waals surface area contributed by atoms with Gasteiger partial charge in [-0.1, -0.05) is 18.2 Å². The van der Waals surface area contributed by atoms with Gasteiger partial charge in [-0.25, -0.2) is 4.39 Å². The zero-order chi connectivity index (χ0) is 22.8. The summed E-state index contributed by atoms with van der Waals surface area (Å²) in [6.07, 6.45) is -4.57. The number of carbonyl (C=O) groups is 2. The first-order valence-corrected chi connectivity index (χ1v) is 9.84. The van der Waals surface area contributed by atoms with Crippen LogP contribution in [0.3, 0.4) is 0 Å². The van der Waals surface area contributed by atoms with Gasteiger partial charge in [0.25, 0.3) is 5.91 Å². The number of carbonyl (C=O) groups excluding carboxylic acids is 2. The quantitative estimate of drug-likeness (QED) is 0.738. The second-order valence-electron chi connectivity index (χ2n) is 7.50. The van der Waals surface area contributed by atoms with E-state index in [-0.39, 0.29) is 17.2 Å². The Hall–Kier alpha value is -2.94. The van der Waals surface area contributed by atoms with Gasteiger partial charge in [0, 0.05) is 31.7 Å². The molecule has 1 unspecified atom stereocenters. The number of para-hydroxylation sites is 1. The Morgan fingerprint density at radius 2 is 1.68 bits per heavy atom. The van der Waals surface area contributed by atoms with E-state index >= 15 is 0 Å². The highest BCUT2D eigenvalue weighted by molar-refractivity contribution is 5.96. The lowest BCUT2D eigenvalue weighted by molar-refractivity contribution is -0.137. The van der Waals surface area contributed by atoms with Crippen LogP contribution in [0.15, 0.2) is 42.5 Å². The number of rotatable bonds is 4. The number of alkyl halides is 3. The molecule has 0 spiro atoms. The smallest absolute Gasteiger partial charge is 0.336 e. The summed E-state index contributed by atoms with van der Waals surface area (Å²) in [5, 5.41) is 2.36. The molecule has 1 saturated heterocycles. The number of nitrogens with one attached hydrogen (secondary N) is 1. The number of halogens is 4. The molecular formula is C22H23F4N3O2. The van der Waals surface area contributed by atoms with E-state index in [2.05, 4.69) is 5.32 Å². The van der Waals surface area contributed by atoms with Gasteiger partial charge in [0.1, 0.15) is 5.82 Å². The topological polar surface area (TPSA) is 52.7 Å². The van der Waals surface area contributed by atoms with Crippen LogP contribution in [0.1, 0.15) is 28.4 Å². The predicted molar refractivity (Wildman–Crippen MR) is 108 cm³/mol. The van der Waals surface area contributed by atoms with Crippen LogP contribution in [0, 0.1) is 12.7 Å². The molecule has 1 heterocycles. The minimum Gasteiger partial charge on any atom is -0.336 e. The highest BCUT2D eigenvalue weighted by atomic mass is 19.4. The normalized spacial score (nSPS) is 16.1. The number of hydrogen-bond donors (Lipinski definition) is 1. The van der Waals surface area contributed by atoms with Crippen molar-refractivity contribution in [3.8, 4) is 0 Å². The summed E-state index contributed by atoms with van der Waals surface area (Å²) in [5.74, 6) is -1.30. The summed E-state index contributed by atoms with van der Waals surface area (Å²) < 4.78 is 53.2. The number of anilines is 1. The minimum atomic E-state index is -4.57. The minimum absolute atomic E-state index is 0.256. The van der Waals surface area contributed by atoms with E-state index in [0.717, 1.165) is 6.07 Å². The molecule has 2 aromatic carbocycles. The molecule has 0 bridgehead atoms. The SMILES string of the molecule is Cc1ccc(C(=O)N2CCN(C(C)C(=O)Nc3ccccc3C(F)(F)F)CC2)cc1F. The maximum Gasteiger partial charge on any atom is 0.418 e. The van der Waals surface area contributed by atoms with Crippen LogP contribution in [0.4, 0.5) is 23.2 Å². The van der Waals surface area contributed by atoms with Gasteiger partial charge in [0.15, 0.2) is 0 Å². The van der Waals surface area contributed by atoms with E-state index in [1.807, 2.05) is 0 Å². The molecule has 31 heavy (non-hydrogen) atoms. The highest BCUT2D eigenvalue weighted by Gasteiger charge is 2.34. The standard InChI is InChI=1S/C22H23F4N3O2/c1-14-7-8-16(13-18(14)23)21(31)29-11-9-28(10-12-29)15(2)20(30)27-19-6-4-3-5-17(19)22(24,25)26/h3-8,13,15H,9-12H2,1-2H3,(H,27,30). The Balaban J connectivity index is 1.60. The molecule has 166 valence electrons. The number of nitrogens with zero attached hydrogens (tertiary/aromatic N) is 2. The molecule has 1 aliphatic rings. The van der Waals surface area contributed by atoms with Gasteiger partial charge in [-0.3, -0.25) is 14.5 Å². The van der Waals surface area contributed by atoms with Gasteiger partial charge in [-0.2, -0.15) is 13.2 Å². The van der Waals surface area contributed by atoms with E-state index in [9.17, 15) is 27.2 Å². The van der Waals surface area contributed by atoms with Crippen LogP contribution in [0.2, 0.25) is 0 Å². The highest BCUT2D eigenvalue weighted by Crippen LogP contribution is 2.34. The van der Waals surface area contributed by atoms with Crippen molar-refractivity contribution in [3.63, 3.8) is 0 Å². The Morgan fingerprint density at radius 3 is 2.29 bits per heavy atom. The largest absolute Gasteiger partial charge is 0.418 e. The van der Waals surface area contributed by atoms with E-state index in [1.165, 1.54) is 24.3 Å². The van der Waals surface area contributed by atoms with Gasteiger partial charge in [0.05, 0.1) is 17.3 Å². The van der Waals surface area contributed by atoms with Gasteiger partial charge < -0.3 is 10.2 Å². The molecule has 2 aromatic rings. The zero-order valence-electron chi connectivity index (χ0n) is 17.2. The third-order valence-electron chi connectivity index (χ3n) is 5.44. The van der Waals surface area contributed by atoms with Crippen molar-refractivity contribution in [1.29, 1.82) is 0 Å². The number of benzene rings is 2. The zero-order valence-corrected chi connectivity index (χ0v) is 17.2. The van der Waals surface area contributed by atoms with Crippen molar-refractivity contribution < 1.29 is 27.2 Å². The average Bonchev–Trinajstić information content (AvgIpc) is 2.74. The molecule has 0 aliphatic carbocycles. The van der Waals surface area contributed by atoms with Crippen LogP contribution in [0.5, 0.6) is 0 Å². The molecule has 5 nitrogen and oxygen atoms in total. The molecule has 1 fully saturated rings. The average molecular weight is 437 g/mol. The summed E-state index contributed by atoms with van der Waals surface area (Å²) in [5.41, 5.74) is -0.488. The van der Waals surface area contributed by atoms with Gasteiger partial charge in [0.2, 0.25) is 5.91 Å². The van der Waals surface area contributed by atoms with E-state index < -0.39 is 29.5 Å². The fourth-order valence-corrected chi connectivity index (χ4v) is 3.46. The molecule has 2 amide bonds. The Bertz CT molecular complexity index is 969. The maximum absolute atomic E-state index is 13.8. The molecule has 0 radical (unpaired) electrons. The lowest BCUT2D eigenvalue weighted by atomic mass is 10.1. The summed E-state index contributed by atoms with van der Waals surface area (Å²) >= 11 is 0. The Kier molecular flexibility index (Phi) is 6.64. The monoisotopic (exact) mass is 437 g/mol. The van der Waals surface area contributed by atoms with Crippen molar-refractivity contribution in [2.24, 2.45) is 0 Å². The van der Waals surface area contributed by atoms with Gasteiger partial charge in [-0.05, 0) is 43.7 Å². The molecule has 0 saturated carbocycles. The van der Waals surface area contributed by atoms with Crippen molar-refractivity contribution in [1.82, 2.24) is 9.80 Å². The van der Waals surface area contributed by atoms with Crippen LogP contribution in [-0.2, 0) is 11.0 Å². The fraction of sp³-hybridized carbons (Fsp3) is 0.364. The van der Waals surface area contributed by atoms with Gasteiger partial charge in [-0.15, -0.1) is 0 Å². The van der Waals surface area contributed by atoms with Crippen molar-refractivity contribution >= 4 is 17.5 Å². The summed E-state index contributed by atoms with van der Waals surface area (Å²) in [6, 6.07) is 8.45. The maximum atomic E-state index is 13.8. The lowest BCUT2D eigenvalue weighted by Crippen LogP contribution is -2.54. The first-order valence-electron chi connectivity index (χ1n) is 9.84. The summed E-state index contributed by atoms with van der Waals surface area (Å²) in [7, 11) is 0. The third kappa shape index (κ3) is 5.22. The first kappa shape index (κ1) is 22.7. The van der Waals surface area contributed by atoms with Crippen LogP contribution < -0.4 is 5.32 Å². The molecule has 1 N–H and O–H groups in total. The molecule has 3 rings (SSSR count). The van der Waals surface area contributed by atoms with Crippen LogP contribution in [-0.4, -0.2) is 53.8 Å². The number of aryl methyl sites for hydroxylation is 1. The van der Waals surface area contributed by atoms with E-state index in [1.54, 1.807) is 35.8 Å². The Labute approximate surface area is 177 Å². The molecular weight excluding hydrogens is 414 g/mol. The number of amides is 2. The van der Waals surface area contributed by atoms with Crippen LogP contribution >= 0.6 is 0 Å². The van der Waals surface area contributed by atoms with Gasteiger partial charge >= 0.3 is 6.18 Å². The molecule has 1 atom stereocenters. The fourth-order valence-electron chi connectivity index (χ4n) is 3.46. The molecule has 1 aliphatic heterocycles. The molecule has 0 aromatic heterocycles. The lowest BCUT2D eigenvalue weighted by Gasteiger charge is -2.37. The van der Waals surface area contributed by atoms with E-state index in [4.69, 9.17) is 0 Å². The summed E-state index contributed by atoms with van der Waals surface area (Å²) in [6.45, 7) is 4.61. The van der Waals surface area contributed by atoms with Crippen molar-refractivity contribution in [2.45, 2.75) is 26.1 Å². The van der Waals surface area contributed by atoms with Crippen molar-refractivity contribution in [2.75, 3.05) is 31.5 Å². The predicted octanol–water partition coefficient (Wildman–Crippen LogP) is 3.94. The third-order valence-corrected chi connectivity index (χ3v) is 5.44. The van der Waals surface area contributed by atoms with Crippen molar-refractivity contribution in [3.05, 3.63) is 65.0 Å². The van der Waals surface area contributed by atoms with Crippen LogP contribution in [0.25, 0.3) is 0 Å².